The van der Waals surface area contributed by atoms with E-state index < -0.39 is 11.9 Å². The van der Waals surface area contributed by atoms with Crippen LogP contribution < -0.4 is 18.9 Å². The van der Waals surface area contributed by atoms with Gasteiger partial charge in [-0.05, 0) is 106 Å². The molecule has 2 unspecified atom stereocenters. The number of hydrogen-bond donors (Lipinski definition) is 0. The van der Waals surface area contributed by atoms with Crippen LogP contribution >= 0.6 is 0 Å². The highest BCUT2D eigenvalue weighted by Gasteiger charge is 2.28. The molecule has 0 spiro atoms. The Morgan fingerprint density at radius 2 is 1.04 bits per heavy atom. The molecule has 3 aromatic carbocycles. The van der Waals surface area contributed by atoms with Crippen molar-refractivity contribution in [3.8, 4) is 23.0 Å². The van der Waals surface area contributed by atoms with Gasteiger partial charge in [-0.25, -0.2) is 9.59 Å². The minimum Gasteiger partial charge on any atom is -0.494 e. The average molecular weight is 645 g/mol. The van der Waals surface area contributed by atoms with E-state index in [1.54, 1.807) is 48.5 Å². The van der Waals surface area contributed by atoms with Crippen LogP contribution in [0.25, 0.3) is 0 Å². The molecular weight excluding hydrogens is 596 g/mol. The molecule has 2 atom stereocenters. The predicted octanol–water partition coefficient (Wildman–Crippen LogP) is 8.58. The molecule has 0 radical (unpaired) electrons. The number of esters is 2. The van der Waals surface area contributed by atoms with Crippen LogP contribution in [0.1, 0.15) is 114 Å². The lowest BCUT2D eigenvalue weighted by Gasteiger charge is -2.26. The van der Waals surface area contributed by atoms with Gasteiger partial charge in [-0.15, -0.1) is 0 Å². The maximum atomic E-state index is 13.7. The van der Waals surface area contributed by atoms with Crippen LogP contribution in [0.4, 0.5) is 0 Å². The van der Waals surface area contributed by atoms with Crippen molar-refractivity contribution in [2.45, 2.75) is 84.0 Å². The van der Waals surface area contributed by atoms with Gasteiger partial charge in [0.15, 0.2) is 0 Å². The molecule has 8 nitrogen and oxygen atoms in total. The largest absolute Gasteiger partial charge is 0.494 e. The fraction of sp³-hybridized carbons (Fsp3) is 0.487. The molecule has 0 aromatic heterocycles. The molecule has 0 saturated heterocycles. The maximum Gasteiger partial charge on any atom is 0.343 e. The fourth-order valence-electron chi connectivity index (χ4n) is 6.00. The van der Waals surface area contributed by atoms with E-state index in [1.807, 2.05) is 13.0 Å². The highest BCUT2D eigenvalue weighted by Crippen LogP contribution is 2.43. The van der Waals surface area contributed by atoms with Crippen molar-refractivity contribution in [3.05, 3.63) is 82.4 Å². The third-order valence-corrected chi connectivity index (χ3v) is 8.79. The van der Waals surface area contributed by atoms with Crippen LogP contribution in [0, 0.1) is 6.92 Å². The van der Waals surface area contributed by atoms with Crippen LogP contribution in [-0.2, 0) is 9.47 Å². The second kappa shape index (κ2) is 17.3. The Bertz CT molecular complexity index is 1460. The van der Waals surface area contributed by atoms with Gasteiger partial charge in [0, 0.05) is 36.2 Å². The van der Waals surface area contributed by atoms with E-state index >= 15 is 0 Å². The van der Waals surface area contributed by atoms with Crippen LogP contribution in [0.3, 0.4) is 0 Å². The molecule has 0 fully saturated rings. The third kappa shape index (κ3) is 9.58. The van der Waals surface area contributed by atoms with Gasteiger partial charge in [0.2, 0.25) is 0 Å². The average Bonchev–Trinajstić information content (AvgIpc) is 3.07. The first kappa shape index (κ1) is 34.5. The summed E-state index contributed by atoms with van der Waals surface area (Å²) >= 11 is 0. The van der Waals surface area contributed by atoms with Crippen LogP contribution in [0.15, 0.2) is 54.6 Å². The third-order valence-electron chi connectivity index (χ3n) is 8.79. The molecule has 5 heterocycles. The molecule has 0 N–H and O–H groups in total. The molecule has 5 aliphatic rings. The summed E-state index contributed by atoms with van der Waals surface area (Å²) in [6, 6.07) is 15.9. The van der Waals surface area contributed by atoms with Crippen LogP contribution in [0.2, 0.25) is 0 Å². The molecule has 5 aliphatic heterocycles. The molecule has 3 aromatic rings. The summed E-state index contributed by atoms with van der Waals surface area (Å²) in [6.45, 7) is 9.44. The number of fused-ring (bicyclic) bond motifs is 13. The number of rotatable bonds is 0. The van der Waals surface area contributed by atoms with Gasteiger partial charge in [-0.3, -0.25) is 0 Å². The normalized spacial score (nSPS) is 20.9. The Labute approximate surface area is 278 Å². The van der Waals surface area contributed by atoms with Gasteiger partial charge in [0.1, 0.15) is 23.0 Å². The lowest BCUT2D eigenvalue weighted by Crippen LogP contribution is -2.19. The topological polar surface area (TPSA) is 89.5 Å². The monoisotopic (exact) mass is 644 g/mol. The molecular formula is C39H48O8. The summed E-state index contributed by atoms with van der Waals surface area (Å²) in [7, 11) is 0. The number of benzene rings is 3. The van der Waals surface area contributed by atoms with E-state index in [4.69, 9.17) is 28.4 Å². The lowest BCUT2D eigenvalue weighted by molar-refractivity contribution is 0.0724. The van der Waals surface area contributed by atoms with Crippen molar-refractivity contribution >= 4 is 11.9 Å². The van der Waals surface area contributed by atoms with Crippen molar-refractivity contribution in [1.29, 1.82) is 0 Å². The summed E-state index contributed by atoms with van der Waals surface area (Å²) in [5.74, 6) is 0.931. The first-order chi connectivity index (χ1) is 22.9. The zero-order valence-corrected chi connectivity index (χ0v) is 28.0. The van der Waals surface area contributed by atoms with Gasteiger partial charge < -0.3 is 28.4 Å². The Hall–Kier alpha value is -3.88. The maximum absolute atomic E-state index is 13.7. The number of carbonyl (C=O) groups is 2. The molecule has 8 rings (SSSR count). The smallest absolute Gasteiger partial charge is 0.343 e. The second-order valence-corrected chi connectivity index (χ2v) is 12.6. The van der Waals surface area contributed by atoms with Gasteiger partial charge in [-0.1, -0.05) is 26.7 Å². The van der Waals surface area contributed by atoms with E-state index in [1.165, 1.54) is 0 Å². The highest BCUT2D eigenvalue weighted by atomic mass is 16.5. The first-order valence-electron chi connectivity index (χ1n) is 17.1. The Kier molecular flexibility index (Phi) is 12.7. The van der Waals surface area contributed by atoms with Crippen LogP contribution in [0.5, 0.6) is 23.0 Å². The molecule has 8 bridgehead atoms. The van der Waals surface area contributed by atoms with Crippen molar-refractivity contribution in [3.63, 3.8) is 0 Å². The summed E-state index contributed by atoms with van der Waals surface area (Å²) in [5.41, 5.74) is 3.12. The number of carbonyl (C=O) groups excluding carboxylic acids is 2. The second-order valence-electron chi connectivity index (χ2n) is 12.6. The van der Waals surface area contributed by atoms with Gasteiger partial charge in [0.25, 0.3) is 0 Å². The number of hydrogen-bond acceptors (Lipinski definition) is 8. The predicted molar refractivity (Wildman–Crippen MR) is 180 cm³/mol. The summed E-state index contributed by atoms with van der Waals surface area (Å²) in [4.78, 5) is 27.1. The minimum absolute atomic E-state index is 0.0768. The van der Waals surface area contributed by atoms with Gasteiger partial charge in [0.05, 0.1) is 37.6 Å². The molecule has 0 amide bonds. The summed E-state index contributed by atoms with van der Waals surface area (Å²) in [5, 5.41) is 0. The molecule has 8 heteroatoms. The van der Waals surface area contributed by atoms with E-state index in [2.05, 4.69) is 13.8 Å². The van der Waals surface area contributed by atoms with E-state index in [9.17, 15) is 9.59 Å². The van der Waals surface area contributed by atoms with Crippen molar-refractivity contribution in [2.75, 3.05) is 39.6 Å². The Morgan fingerprint density at radius 1 is 0.574 bits per heavy atom. The summed E-state index contributed by atoms with van der Waals surface area (Å²) in [6.07, 6.45) is 8.00. The van der Waals surface area contributed by atoms with Crippen molar-refractivity contribution in [2.24, 2.45) is 0 Å². The van der Waals surface area contributed by atoms with E-state index in [0.29, 0.717) is 79.3 Å². The first-order valence-corrected chi connectivity index (χ1v) is 17.1. The molecule has 252 valence electrons. The van der Waals surface area contributed by atoms with E-state index in [-0.39, 0.29) is 11.8 Å². The van der Waals surface area contributed by atoms with Crippen molar-refractivity contribution in [1.82, 2.24) is 0 Å². The fourth-order valence-corrected chi connectivity index (χ4v) is 6.00. The van der Waals surface area contributed by atoms with E-state index in [0.717, 1.165) is 62.5 Å². The standard InChI is InChI=1S/C39H48O8/c1-27-25-42-20-8-4-6-10-23-45-33-18-14-31(15-19-33)39(41)47-37-29(3)35-24-34(27)36(37)28(2)26-43-21-9-5-7-11-22-44-32-16-12-30(13-17-32)38(40)46-35/h12-19,24,27-28H,4-11,20-23,25-26H2,1-3H3. The van der Waals surface area contributed by atoms with Crippen LogP contribution in [-0.4, -0.2) is 51.6 Å². The Balaban J connectivity index is 1.57. The Morgan fingerprint density at radius 3 is 1.57 bits per heavy atom. The molecule has 0 aliphatic carbocycles. The SMILES string of the molecule is Cc1c2cc3c(c1OC(=O)c1ccc(cc1)OCCCCCCOCC3C)C(C)COCCCCCCOc1ccc(cc1)C(=O)O2. The zero-order chi connectivity index (χ0) is 33.0. The zero-order valence-electron chi connectivity index (χ0n) is 28.0. The van der Waals surface area contributed by atoms with Gasteiger partial charge in [-0.2, -0.15) is 0 Å². The molecule has 0 saturated carbocycles. The van der Waals surface area contributed by atoms with Crippen molar-refractivity contribution < 1.29 is 38.0 Å². The summed E-state index contributed by atoms with van der Waals surface area (Å²) < 4.78 is 36.4. The lowest BCUT2D eigenvalue weighted by atomic mass is 9.86. The van der Waals surface area contributed by atoms with Gasteiger partial charge >= 0.3 is 11.9 Å². The minimum atomic E-state index is -0.508. The number of ether oxygens (including phenoxy) is 6. The quantitative estimate of drug-likeness (QED) is 0.178. The highest BCUT2D eigenvalue weighted by molar-refractivity contribution is 5.93. The molecule has 47 heavy (non-hydrogen) atoms.